The minimum atomic E-state index is -0.552. The van der Waals surface area contributed by atoms with E-state index in [4.69, 9.17) is 5.73 Å². The van der Waals surface area contributed by atoms with Crippen LogP contribution in [0.1, 0.15) is 36.2 Å². The third-order valence-corrected chi connectivity index (χ3v) is 3.11. The molecular weight excluding hydrogens is 243 g/mol. The van der Waals surface area contributed by atoms with Crippen LogP contribution in [0.5, 0.6) is 0 Å². The Balaban J connectivity index is 2.99. The van der Waals surface area contributed by atoms with Crippen molar-refractivity contribution in [3.05, 3.63) is 35.1 Å². The summed E-state index contributed by atoms with van der Waals surface area (Å²) >= 11 is 0. The molecule has 1 unspecified atom stereocenters. The van der Waals surface area contributed by atoms with Crippen LogP contribution in [0.25, 0.3) is 0 Å². The highest BCUT2D eigenvalue weighted by Crippen LogP contribution is 2.14. The molecular formula is C15H19FN2O. The van der Waals surface area contributed by atoms with Crippen molar-refractivity contribution in [2.75, 3.05) is 13.6 Å². The minimum Gasteiger partial charge on any atom is -0.339 e. The number of carbonyl (C=O) groups excluding carboxylic acids is 1. The lowest BCUT2D eigenvalue weighted by Gasteiger charge is -2.24. The van der Waals surface area contributed by atoms with E-state index in [1.165, 1.54) is 12.1 Å². The monoisotopic (exact) mass is 262 g/mol. The van der Waals surface area contributed by atoms with Crippen molar-refractivity contribution in [1.29, 1.82) is 0 Å². The van der Waals surface area contributed by atoms with Gasteiger partial charge in [0.05, 0.1) is 12.1 Å². The molecule has 1 atom stereocenters. The molecule has 0 aromatic heterocycles. The van der Waals surface area contributed by atoms with Gasteiger partial charge in [-0.1, -0.05) is 18.8 Å². The number of nitrogens with two attached hydrogens (primary N) is 1. The molecule has 1 amide bonds. The molecule has 0 radical (unpaired) electrons. The molecule has 0 aliphatic carbocycles. The fourth-order valence-electron chi connectivity index (χ4n) is 1.58. The third kappa shape index (κ3) is 3.80. The van der Waals surface area contributed by atoms with Gasteiger partial charge in [0.2, 0.25) is 0 Å². The van der Waals surface area contributed by atoms with Crippen molar-refractivity contribution in [1.82, 2.24) is 4.90 Å². The molecule has 0 heterocycles. The van der Waals surface area contributed by atoms with E-state index in [0.717, 1.165) is 6.42 Å². The number of halogens is 1. The number of benzene rings is 1. The summed E-state index contributed by atoms with van der Waals surface area (Å²) in [6.07, 6.45) is 0.823. The standard InChI is InChI=1S/C15H19FN2O/c1-4-11(2)18(3)15(19)13-8-7-12(6-5-9-17)10-14(13)16/h7-8,10-11H,4,9,17H2,1-3H3. The lowest BCUT2D eigenvalue weighted by atomic mass is 10.1. The molecule has 0 saturated carbocycles. The summed E-state index contributed by atoms with van der Waals surface area (Å²) in [7, 11) is 1.68. The van der Waals surface area contributed by atoms with Crippen LogP contribution in [0.15, 0.2) is 18.2 Å². The summed E-state index contributed by atoms with van der Waals surface area (Å²) < 4.78 is 13.9. The molecule has 0 aliphatic rings. The summed E-state index contributed by atoms with van der Waals surface area (Å²) in [5.41, 5.74) is 5.84. The maximum absolute atomic E-state index is 13.9. The van der Waals surface area contributed by atoms with Crippen molar-refractivity contribution in [3.8, 4) is 11.8 Å². The van der Waals surface area contributed by atoms with E-state index in [2.05, 4.69) is 11.8 Å². The lowest BCUT2D eigenvalue weighted by Crippen LogP contribution is -2.35. The molecule has 0 spiro atoms. The van der Waals surface area contributed by atoms with Crippen LogP contribution in [-0.2, 0) is 0 Å². The third-order valence-electron chi connectivity index (χ3n) is 3.11. The molecule has 19 heavy (non-hydrogen) atoms. The number of hydrogen-bond acceptors (Lipinski definition) is 2. The van der Waals surface area contributed by atoms with Crippen LogP contribution in [0, 0.1) is 17.7 Å². The van der Waals surface area contributed by atoms with E-state index in [1.54, 1.807) is 18.0 Å². The number of hydrogen-bond donors (Lipinski definition) is 1. The molecule has 1 aromatic carbocycles. The largest absolute Gasteiger partial charge is 0.339 e. The molecule has 0 bridgehead atoms. The van der Waals surface area contributed by atoms with Gasteiger partial charge in [-0.15, -0.1) is 0 Å². The van der Waals surface area contributed by atoms with Crippen molar-refractivity contribution in [3.63, 3.8) is 0 Å². The first-order valence-corrected chi connectivity index (χ1v) is 6.26. The van der Waals surface area contributed by atoms with Gasteiger partial charge in [-0.3, -0.25) is 4.79 Å². The van der Waals surface area contributed by atoms with Crippen molar-refractivity contribution in [2.45, 2.75) is 26.3 Å². The molecule has 0 saturated heterocycles. The second-order valence-electron chi connectivity index (χ2n) is 4.37. The highest BCUT2D eigenvalue weighted by molar-refractivity contribution is 5.94. The quantitative estimate of drug-likeness (QED) is 0.847. The SMILES string of the molecule is CCC(C)N(C)C(=O)c1ccc(C#CCN)cc1F. The Morgan fingerprint density at radius 2 is 2.21 bits per heavy atom. The number of amides is 1. The number of nitrogens with zero attached hydrogens (tertiary/aromatic N) is 1. The fraction of sp³-hybridized carbons (Fsp3) is 0.400. The van der Waals surface area contributed by atoms with E-state index in [9.17, 15) is 9.18 Å². The van der Waals surface area contributed by atoms with Crippen molar-refractivity contribution >= 4 is 5.91 Å². The summed E-state index contributed by atoms with van der Waals surface area (Å²) in [6.45, 7) is 4.13. The predicted molar refractivity (Wildman–Crippen MR) is 74.2 cm³/mol. The van der Waals surface area contributed by atoms with Crippen LogP contribution >= 0.6 is 0 Å². The molecule has 2 N–H and O–H groups in total. The van der Waals surface area contributed by atoms with Gasteiger partial charge >= 0.3 is 0 Å². The molecule has 1 aromatic rings. The Bertz CT molecular complexity index is 517. The highest BCUT2D eigenvalue weighted by Gasteiger charge is 2.19. The maximum atomic E-state index is 13.9. The summed E-state index contributed by atoms with van der Waals surface area (Å²) in [5, 5.41) is 0. The molecule has 3 nitrogen and oxygen atoms in total. The number of rotatable bonds is 3. The summed E-state index contributed by atoms with van der Waals surface area (Å²) in [6, 6.07) is 4.43. The predicted octanol–water partition coefficient (Wildman–Crippen LogP) is 2.01. The Morgan fingerprint density at radius 3 is 2.74 bits per heavy atom. The first-order chi connectivity index (χ1) is 9.01. The zero-order chi connectivity index (χ0) is 14.4. The Kier molecular flexibility index (Phi) is 5.53. The number of carbonyl (C=O) groups is 1. The van der Waals surface area contributed by atoms with E-state index >= 15 is 0 Å². The summed E-state index contributed by atoms with van der Waals surface area (Å²) in [5.74, 6) is 4.51. The fourth-order valence-corrected chi connectivity index (χ4v) is 1.58. The first kappa shape index (κ1) is 15.2. The van der Waals surface area contributed by atoms with Crippen LogP contribution in [0.3, 0.4) is 0 Å². The second kappa shape index (κ2) is 6.91. The van der Waals surface area contributed by atoms with E-state index in [0.29, 0.717) is 5.56 Å². The van der Waals surface area contributed by atoms with Crippen LogP contribution in [-0.4, -0.2) is 30.4 Å². The van der Waals surface area contributed by atoms with Gasteiger partial charge in [0, 0.05) is 18.7 Å². The average molecular weight is 262 g/mol. The Labute approximate surface area is 113 Å². The smallest absolute Gasteiger partial charge is 0.256 e. The van der Waals surface area contributed by atoms with Gasteiger partial charge < -0.3 is 10.6 Å². The molecule has 0 aliphatic heterocycles. The zero-order valence-electron chi connectivity index (χ0n) is 11.5. The van der Waals surface area contributed by atoms with Crippen molar-refractivity contribution < 1.29 is 9.18 Å². The van der Waals surface area contributed by atoms with Crippen LogP contribution in [0.2, 0.25) is 0 Å². The molecule has 4 heteroatoms. The second-order valence-corrected chi connectivity index (χ2v) is 4.37. The maximum Gasteiger partial charge on any atom is 0.256 e. The minimum absolute atomic E-state index is 0.0705. The van der Waals surface area contributed by atoms with E-state index in [-0.39, 0.29) is 24.1 Å². The van der Waals surface area contributed by atoms with Crippen molar-refractivity contribution in [2.24, 2.45) is 5.73 Å². The van der Waals surface area contributed by atoms with Gasteiger partial charge in [-0.05, 0) is 31.5 Å². The van der Waals surface area contributed by atoms with Crippen LogP contribution < -0.4 is 5.73 Å². The van der Waals surface area contributed by atoms with Crippen LogP contribution in [0.4, 0.5) is 4.39 Å². The Morgan fingerprint density at radius 1 is 1.53 bits per heavy atom. The first-order valence-electron chi connectivity index (χ1n) is 6.26. The molecule has 102 valence electrons. The molecule has 0 fully saturated rings. The van der Waals surface area contributed by atoms with Gasteiger partial charge in [-0.2, -0.15) is 0 Å². The average Bonchev–Trinajstić information content (AvgIpc) is 2.42. The van der Waals surface area contributed by atoms with E-state index < -0.39 is 5.82 Å². The van der Waals surface area contributed by atoms with Gasteiger partial charge in [0.25, 0.3) is 5.91 Å². The van der Waals surface area contributed by atoms with E-state index in [1.807, 2.05) is 13.8 Å². The molecule has 1 rings (SSSR count). The van der Waals surface area contributed by atoms with Gasteiger partial charge in [0.15, 0.2) is 0 Å². The lowest BCUT2D eigenvalue weighted by molar-refractivity contribution is 0.0736. The van der Waals surface area contributed by atoms with Gasteiger partial charge in [-0.25, -0.2) is 4.39 Å². The van der Waals surface area contributed by atoms with Gasteiger partial charge in [0.1, 0.15) is 5.82 Å². The topological polar surface area (TPSA) is 46.3 Å². The Hall–Kier alpha value is -1.86. The zero-order valence-corrected chi connectivity index (χ0v) is 11.5. The highest BCUT2D eigenvalue weighted by atomic mass is 19.1. The summed E-state index contributed by atoms with van der Waals surface area (Å²) in [4.78, 5) is 13.7. The normalized spacial score (nSPS) is 11.4.